The number of anilines is 1. The Balaban J connectivity index is 1.45. The van der Waals surface area contributed by atoms with E-state index in [1.165, 1.54) is 6.42 Å². The van der Waals surface area contributed by atoms with Gasteiger partial charge in [0.15, 0.2) is 0 Å². The predicted molar refractivity (Wildman–Crippen MR) is 123 cm³/mol. The lowest BCUT2D eigenvalue weighted by molar-refractivity contribution is 0.0863. The lowest BCUT2D eigenvalue weighted by atomic mass is 9.93. The molecule has 1 aromatic rings. The zero-order valence-corrected chi connectivity index (χ0v) is 18.3. The number of β-amino-alcohol motifs (C(OH)–C–C–N with tert-alkyl or cyclic N) is 1. The third-order valence-corrected chi connectivity index (χ3v) is 5.66. The molecule has 1 saturated carbocycles. The minimum Gasteiger partial charge on any atom is -0.501 e. The number of allylic oxidation sites excluding steroid dienone is 2. The highest BCUT2D eigenvalue weighted by atomic mass is 16.5. The van der Waals surface area contributed by atoms with Crippen LogP contribution in [0.5, 0.6) is 0 Å². The van der Waals surface area contributed by atoms with E-state index in [0.29, 0.717) is 24.8 Å². The lowest BCUT2D eigenvalue weighted by Gasteiger charge is -2.31. The molecule has 7 heteroatoms. The molecule has 7 nitrogen and oxygen atoms in total. The fraction of sp³-hybridized carbons (Fsp3) is 0.500. The summed E-state index contributed by atoms with van der Waals surface area (Å²) in [5.74, 6) is 0.524. The van der Waals surface area contributed by atoms with Crippen molar-refractivity contribution < 1.29 is 14.6 Å². The third-order valence-electron chi connectivity index (χ3n) is 5.66. The molecule has 1 amide bonds. The van der Waals surface area contributed by atoms with E-state index in [-0.39, 0.29) is 12.5 Å². The number of nitrogens with zero attached hydrogens (tertiary/aromatic N) is 2. The number of carbonyl (C=O) groups excluding carboxylic acids is 1. The van der Waals surface area contributed by atoms with Gasteiger partial charge in [-0.15, -0.1) is 0 Å². The summed E-state index contributed by atoms with van der Waals surface area (Å²) in [5, 5.41) is 16.6. The summed E-state index contributed by atoms with van der Waals surface area (Å²) in [7, 11) is 0. The SMILES string of the molecule is C=C1CCN(C[C@@H](O)CNC(=O)c2ccnc(NC3CCC3)c2)C/C1=C/C=C/OCC. The highest BCUT2D eigenvalue weighted by Gasteiger charge is 2.20. The summed E-state index contributed by atoms with van der Waals surface area (Å²) in [4.78, 5) is 19.0. The molecule has 1 aliphatic carbocycles. The maximum Gasteiger partial charge on any atom is 0.251 e. The molecule has 1 atom stereocenters. The highest BCUT2D eigenvalue weighted by Crippen LogP contribution is 2.23. The number of piperidine rings is 1. The quantitative estimate of drug-likeness (QED) is 0.499. The minimum atomic E-state index is -0.648. The van der Waals surface area contributed by atoms with E-state index < -0.39 is 6.10 Å². The molecule has 3 N–H and O–H groups in total. The Hall–Kier alpha value is -2.64. The van der Waals surface area contributed by atoms with Crippen LogP contribution in [0.3, 0.4) is 0 Å². The Labute approximate surface area is 184 Å². The van der Waals surface area contributed by atoms with Crippen LogP contribution < -0.4 is 10.6 Å². The normalized spacial score (nSPS) is 19.9. The number of hydrogen-bond donors (Lipinski definition) is 3. The van der Waals surface area contributed by atoms with E-state index in [2.05, 4.69) is 27.1 Å². The monoisotopic (exact) mass is 426 g/mol. The van der Waals surface area contributed by atoms with Gasteiger partial charge >= 0.3 is 0 Å². The topological polar surface area (TPSA) is 86.7 Å². The first-order chi connectivity index (χ1) is 15.0. The number of aliphatic hydroxyl groups is 1. The molecule has 168 valence electrons. The van der Waals surface area contributed by atoms with Crippen molar-refractivity contribution in [2.24, 2.45) is 0 Å². The van der Waals surface area contributed by atoms with Gasteiger partial charge in [-0.2, -0.15) is 0 Å². The second-order valence-corrected chi connectivity index (χ2v) is 8.13. The van der Waals surface area contributed by atoms with E-state index in [0.717, 1.165) is 49.3 Å². The van der Waals surface area contributed by atoms with Crippen LogP contribution in [-0.4, -0.2) is 65.8 Å². The maximum atomic E-state index is 12.5. The van der Waals surface area contributed by atoms with Crippen molar-refractivity contribution in [1.82, 2.24) is 15.2 Å². The van der Waals surface area contributed by atoms with Crippen molar-refractivity contribution in [2.45, 2.75) is 44.8 Å². The van der Waals surface area contributed by atoms with Crippen LogP contribution in [0.25, 0.3) is 0 Å². The fourth-order valence-electron chi connectivity index (χ4n) is 3.61. The molecule has 2 heterocycles. The second kappa shape index (κ2) is 11.7. The zero-order chi connectivity index (χ0) is 22.1. The number of carbonyl (C=O) groups is 1. The number of amides is 1. The van der Waals surface area contributed by atoms with Gasteiger partial charge in [-0.1, -0.05) is 12.7 Å². The van der Waals surface area contributed by atoms with Crippen LogP contribution in [0.4, 0.5) is 5.82 Å². The number of nitrogens with one attached hydrogen (secondary N) is 2. The lowest BCUT2D eigenvalue weighted by Crippen LogP contribution is -2.42. The van der Waals surface area contributed by atoms with E-state index in [9.17, 15) is 9.90 Å². The summed E-state index contributed by atoms with van der Waals surface area (Å²) >= 11 is 0. The average molecular weight is 427 g/mol. The highest BCUT2D eigenvalue weighted by molar-refractivity contribution is 5.94. The van der Waals surface area contributed by atoms with Gasteiger partial charge in [-0.05, 0) is 62.0 Å². The number of rotatable bonds is 10. The molecular formula is C24H34N4O3. The standard InChI is InChI=1S/C24H34N4O3/c1-3-31-13-5-6-20-16-28(12-10-18(20)2)17-22(29)15-26-24(30)19-9-11-25-23(14-19)27-21-7-4-8-21/h5-6,9,11,13-14,21-22,29H,2-4,7-8,10,12,15-17H2,1H3,(H,25,27)(H,26,30)/b13-5+,20-6-/t22-/m0/s1. The molecule has 1 saturated heterocycles. The summed E-state index contributed by atoms with van der Waals surface area (Å²) in [6, 6.07) is 3.92. The van der Waals surface area contributed by atoms with Crippen molar-refractivity contribution in [3.05, 3.63) is 60.0 Å². The minimum absolute atomic E-state index is 0.202. The molecule has 0 radical (unpaired) electrons. The Morgan fingerprint density at radius 1 is 1.48 bits per heavy atom. The van der Waals surface area contributed by atoms with Crippen molar-refractivity contribution in [2.75, 3.05) is 38.1 Å². The number of ether oxygens (including phenoxy) is 1. The first-order valence-corrected chi connectivity index (χ1v) is 11.1. The van der Waals surface area contributed by atoms with Gasteiger partial charge in [0.2, 0.25) is 0 Å². The number of pyridine rings is 1. The smallest absolute Gasteiger partial charge is 0.251 e. The Kier molecular flexibility index (Phi) is 8.67. The van der Waals surface area contributed by atoms with Gasteiger partial charge in [0.1, 0.15) is 5.82 Å². The molecule has 0 unspecified atom stereocenters. The number of aromatic nitrogens is 1. The molecule has 3 rings (SSSR count). The molecule has 1 aliphatic heterocycles. The summed E-state index contributed by atoms with van der Waals surface area (Å²) in [6.45, 7) is 8.98. The van der Waals surface area contributed by atoms with Crippen LogP contribution in [0.1, 0.15) is 43.0 Å². The van der Waals surface area contributed by atoms with E-state index in [1.807, 2.05) is 19.1 Å². The summed E-state index contributed by atoms with van der Waals surface area (Å²) < 4.78 is 5.22. The molecular weight excluding hydrogens is 392 g/mol. The van der Waals surface area contributed by atoms with E-state index in [4.69, 9.17) is 4.74 Å². The van der Waals surface area contributed by atoms with Gasteiger partial charge in [-0.3, -0.25) is 9.69 Å². The van der Waals surface area contributed by atoms with Crippen LogP contribution in [0.15, 0.2) is 54.5 Å². The first kappa shape index (κ1) is 23.0. The van der Waals surface area contributed by atoms with Crippen LogP contribution >= 0.6 is 0 Å². The molecule has 2 aliphatic rings. The maximum absolute atomic E-state index is 12.5. The average Bonchev–Trinajstić information content (AvgIpc) is 2.74. The largest absolute Gasteiger partial charge is 0.501 e. The van der Waals surface area contributed by atoms with Crippen molar-refractivity contribution >= 4 is 11.7 Å². The molecule has 0 spiro atoms. The van der Waals surface area contributed by atoms with Gasteiger partial charge in [-0.25, -0.2) is 4.98 Å². The first-order valence-electron chi connectivity index (χ1n) is 11.1. The van der Waals surface area contributed by atoms with Crippen LogP contribution in [0.2, 0.25) is 0 Å². The number of likely N-dealkylation sites (tertiary alicyclic amines) is 1. The van der Waals surface area contributed by atoms with Crippen LogP contribution in [-0.2, 0) is 4.74 Å². The Morgan fingerprint density at radius 3 is 3.06 bits per heavy atom. The molecule has 0 aromatic carbocycles. The molecule has 1 aromatic heterocycles. The molecule has 0 bridgehead atoms. The van der Waals surface area contributed by atoms with Crippen molar-refractivity contribution in [1.29, 1.82) is 0 Å². The van der Waals surface area contributed by atoms with Gasteiger partial charge < -0.3 is 20.5 Å². The fourth-order valence-corrected chi connectivity index (χ4v) is 3.61. The second-order valence-electron chi connectivity index (χ2n) is 8.13. The predicted octanol–water partition coefficient (Wildman–Crippen LogP) is 2.88. The van der Waals surface area contributed by atoms with Crippen molar-refractivity contribution in [3.63, 3.8) is 0 Å². The van der Waals surface area contributed by atoms with E-state index in [1.54, 1.807) is 24.6 Å². The number of hydrogen-bond acceptors (Lipinski definition) is 6. The molecule has 2 fully saturated rings. The van der Waals surface area contributed by atoms with E-state index >= 15 is 0 Å². The Bertz CT molecular complexity index is 817. The van der Waals surface area contributed by atoms with Crippen molar-refractivity contribution in [3.8, 4) is 0 Å². The zero-order valence-electron chi connectivity index (χ0n) is 18.3. The Morgan fingerprint density at radius 2 is 2.32 bits per heavy atom. The number of aliphatic hydroxyl groups excluding tert-OH is 1. The third kappa shape index (κ3) is 7.22. The summed E-state index contributed by atoms with van der Waals surface area (Å²) in [6.07, 6.45) is 11.0. The van der Waals surface area contributed by atoms with Gasteiger partial charge in [0, 0.05) is 44.0 Å². The van der Waals surface area contributed by atoms with Gasteiger partial charge in [0.25, 0.3) is 5.91 Å². The van der Waals surface area contributed by atoms with Crippen LogP contribution in [0, 0.1) is 0 Å². The van der Waals surface area contributed by atoms with Gasteiger partial charge in [0.05, 0.1) is 19.0 Å². The summed E-state index contributed by atoms with van der Waals surface area (Å²) in [5.41, 5.74) is 2.80. The molecule has 31 heavy (non-hydrogen) atoms.